The maximum atomic E-state index is 12.0. The SMILES string of the molecule is O=C(NCc1cccc(Br)c1)C1CCCCS1(=O)=O. The van der Waals surface area contributed by atoms with Crippen molar-refractivity contribution >= 4 is 31.7 Å². The van der Waals surface area contributed by atoms with E-state index in [9.17, 15) is 13.2 Å². The maximum absolute atomic E-state index is 12.0. The molecule has 4 nitrogen and oxygen atoms in total. The second kappa shape index (κ2) is 6.05. The van der Waals surface area contributed by atoms with Crippen molar-refractivity contribution in [2.75, 3.05) is 5.75 Å². The number of hydrogen-bond donors (Lipinski definition) is 1. The van der Waals surface area contributed by atoms with E-state index in [2.05, 4.69) is 21.2 Å². The molecule has 1 amide bonds. The van der Waals surface area contributed by atoms with Crippen molar-refractivity contribution < 1.29 is 13.2 Å². The molecule has 0 aliphatic carbocycles. The lowest BCUT2D eigenvalue weighted by molar-refractivity contribution is -0.121. The highest BCUT2D eigenvalue weighted by atomic mass is 79.9. The monoisotopic (exact) mass is 345 g/mol. The molecule has 1 aliphatic heterocycles. The topological polar surface area (TPSA) is 63.2 Å². The summed E-state index contributed by atoms with van der Waals surface area (Å²) >= 11 is 3.36. The van der Waals surface area contributed by atoms with Crippen LogP contribution in [0.1, 0.15) is 24.8 Å². The van der Waals surface area contributed by atoms with E-state index in [0.717, 1.165) is 16.5 Å². The Morgan fingerprint density at radius 2 is 2.16 bits per heavy atom. The third-order valence-corrected chi connectivity index (χ3v) is 5.89. The molecule has 1 aromatic carbocycles. The molecule has 1 aliphatic rings. The van der Waals surface area contributed by atoms with Crippen LogP contribution in [0.4, 0.5) is 0 Å². The van der Waals surface area contributed by atoms with Crippen LogP contribution in [0.3, 0.4) is 0 Å². The third-order valence-electron chi connectivity index (χ3n) is 3.23. The summed E-state index contributed by atoms with van der Waals surface area (Å²) in [6.45, 7) is 0.351. The summed E-state index contributed by atoms with van der Waals surface area (Å²) < 4.78 is 24.6. The smallest absolute Gasteiger partial charge is 0.238 e. The Hall–Kier alpha value is -0.880. The number of benzene rings is 1. The molecule has 19 heavy (non-hydrogen) atoms. The molecular formula is C13H16BrNO3S. The zero-order chi connectivity index (χ0) is 13.9. The van der Waals surface area contributed by atoms with Crippen LogP contribution in [0.2, 0.25) is 0 Å². The summed E-state index contributed by atoms with van der Waals surface area (Å²) in [5.41, 5.74) is 0.941. The van der Waals surface area contributed by atoms with E-state index in [1.165, 1.54) is 0 Å². The largest absolute Gasteiger partial charge is 0.351 e. The minimum absolute atomic E-state index is 0.127. The van der Waals surface area contributed by atoms with Gasteiger partial charge in [-0.1, -0.05) is 34.5 Å². The molecule has 104 valence electrons. The first-order valence-corrected chi connectivity index (χ1v) is 8.73. The van der Waals surface area contributed by atoms with Gasteiger partial charge < -0.3 is 5.32 Å². The predicted octanol–water partition coefficient (Wildman–Crippen LogP) is 2.03. The van der Waals surface area contributed by atoms with Gasteiger partial charge in [-0.3, -0.25) is 4.79 Å². The van der Waals surface area contributed by atoms with Gasteiger partial charge in [0.05, 0.1) is 5.75 Å². The van der Waals surface area contributed by atoms with Crippen LogP contribution in [-0.4, -0.2) is 25.3 Å². The van der Waals surface area contributed by atoms with Gasteiger partial charge in [-0.05, 0) is 30.5 Å². The van der Waals surface area contributed by atoms with Crippen molar-refractivity contribution in [1.29, 1.82) is 0 Å². The fourth-order valence-corrected chi connectivity index (χ4v) is 4.47. The molecule has 0 saturated carbocycles. The Bertz CT molecular complexity index is 571. The van der Waals surface area contributed by atoms with E-state index < -0.39 is 15.1 Å². The molecular weight excluding hydrogens is 330 g/mol. The van der Waals surface area contributed by atoms with Crippen molar-refractivity contribution in [3.05, 3.63) is 34.3 Å². The number of sulfone groups is 1. The van der Waals surface area contributed by atoms with Crippen LogP contribution in [0.15, 0.2) is 28.7 Å². The highest BCUT2D eigenvalue weighted by Gasteiger charge is 2.34. The first-order valence-electron chi connectivity index (χ1n) is 6.23. The average molecular weight is 346 g/mol. The summed E-state index contributed by atoms with van der Waals surface area (Å²) in [6.07, 6.45) is 1.90. The number of rotatable bonds is 3. The Labute approximate surface area is 121 Å². The van der Waals surface area contributed by atoms with E-state index in [1.54, 1.807) is 0 Å². The first kappa shape index (κ1) is 14.5. The lowest BCUT2D eigenvalue weighted by Gasteiger charge is -2.21. The lowest BCUT2D eigenvalue weighted by Crippen LogP contribution is -2.42. The van der Waals surface area contributed by atoms with Gasteiger partial charge in [0.25, 0.3) is 0 Å². The van der Waals surface area contributed by atoms with E-state index in [4.69, 9.17) is 0 Å². The summed E-state index contributed by atoms with van der Waals surface area (Å²) in [4.78, 5) is 12.0. The van der Waals surface area contributed by atoms with E-state index in [0.29, 0.717) is 19.4 Å². The molecule has 2 rings (SSSR count). The van der Waals surface area contributed by atoms with Crippen LogP contribution in [0.5, 0.6) is 0 Å². The quantitative estimate of drug-likeness (QED) is 0.911. The lowest BCUT2D eigenvalue weighted by atomic mass is 10.1. The molecule has 1 N–H and O–H groups in total. The Morgan fingerprint density at radius 1 is 1.37 bits per heavy atom. The molecule has 6 heteroatoms. The van der Waals surface area contributed by atoms with Crippen molar-refractivity contribution in [1.82, 2.24) is 5.32 Å². The van der Waals surface area contributed by atoms with Gasteiger partial charge in [0.15, 0.2) is 9.84 Å². The molecule has 0 spiro atoms. The van der Waals surface area contributed by atoms with Gasteiger partial charge >= 0.3 is 0 Å². The number of hydrogen-bond acceptors (Lipinski definition) is 3. The molecule has 1 fully saturated rings. The number of amides is 1. The van der Waals surface area contributed by atoms with Crippen LogP contribution < -0.4 is 5.32 Å². The van der Waals surface area contributed by atoms with Gasteiger partial charge in [-0.25, -0.2) is 8.42 Å². The molecule has 1 heterocycles. The van der Waals surface area contributed by atoms with Gasteiger partial charge in [-0.15, -0.1) is 0 Å². The van der Waals surface area contributed by atoms with Crippen molar-refractivity contribution in [2.45, 2.75) is 31.1 Å². The van der Waals surface area contributed by atoms with E-state index >= 15 is 0 Å². The molecule has 1 atom stereocenters. The molecule has 0 bridgehead atoms. The average Bonchev–Trinajstić information content (AvgIpc) is 2.35. The Balaban J connectivity index is 1.98. The fraction of sp³-hybridized carbons (Fsp3) is 0.462. The second-order valence-corrected chi connectivity index (χ2v) is 7.92. The predicted molar refractivity (Wildman–Crippen MR) is 77.4 cm³/mol. The number of halogens is 1. The first-order chi connectivity index (χ1) is 8.99. The van der Waals surface area contributed by atoms with Crippen LogP contribution in [-0.2, 0) is 21.2 Å². The molecule has 1 aromatic rings. The van der Waals surface area contributed by atoms with Crippen molar-refractivity contribution in [3.8, 4) is 0 Å². The summed E-state index contributed by atoms with van der Waals surface area (Å²) in [6, 6.07) is 7.57. The normalized spacial score (nSPS) is 21.8. The van der Waals surface area contributed by atoms with Crippen LogP contribution in [0.25, 0.3) is 0 Å². The number of nitrogens with one attached hydrogen (secondary N) is 1. The highest BCUT2D eigenvalue weighted by Crippen LogP contribution is 2.20. The van der Waals surface area contributed by atoms with Gasteiger partial charge in [0.2, 0.25) is 5.91 Å². The molecule has 0 radical (unpaired) electrons. The number of carbonyl (C=O) groups is 1. The second-order valence-electron chi connectivity index (χ2n) is 4.70. The third kappa shape index (κ3) is 3.79. The van der Waals surface area contributed by atoms with Crippen molar-refractivity contribution in [3.63, 3.8) is 0 Å². The van der Waals surface area contributed by atoms with Crippen LogP contribution >= 0.6 is 15.9 Å². The van der Waals surface area contributed by atoms with Crippen LogP contribution in [0, 0.1) is 0 Å². The fourth-order valence-electron chi connectivity index (χ4n) is 2.20. The van der Waals surface area contributed by atoms with Crippen molar-refractivity contribution in [2.24, 2.45) is 0 Å². The minimum atomic E-state index is -3.26. The van der Waals surface area contributed by atoms with Gasteiger partial charge in [0.1, 0.15) is 5.25 Å². The van der Waals surface area contributed by atoms with Gasteiger partial charge in [0, 0.05) is 11.0 Å². The number of carbonyl (C=O) groups excluding carboxylic acids is 1. The molecule has 0 aromatic heterocycles. The minimum Gasteiger partial charge on any atom is -0.351 e. The zero-order valence-corrected chi connectivity index (χ0v) is 12.8. The maximum Gasteiger partial charge on any atom is 0.238 e. The Morgan fingerprint density at radius 3 is 2.84 bits per heavy atom. The molecule has 1 unspecified atom stereocenters. The Kier molecular flexibility index (Phi) is 4.62. The molecule has 1 saturated heterocycles. The van der Waals surface area contributed by atoms with Gasteiger partial charge in [-0.2, -0.15) is 0 Å². The summed E-state index contributed by atoms with van der Waals surface area (Å²) in [7, 11) is -3.26. The zero-order valence-electron chi connectivity index (χ0n) is 10.4. The highest BCUT2D eigenvalue weighted by molar-refractivity contribution is 9.10. The van der Waals surface area contributed by atoms with E-state index in [1.807, 2.05) is 24.3 Å². The summed E-state index contributed by atoms with van der Waals surface area (Å²) in [5, 5.41) is 1.85. The van der Waals surface area contributed by atoms with E-state index in [-0.39, 0.29) is 11.7 Å². The standard InChI is InChI=1S/C13H16BrNO3S/c14-11-5-3-4-10(8-11)9-15-13(16)12-6-1-2-7-19(12,17)18/h3-5,8,12H,1-2,6-7,9H2,(H,15,16). The summed E-state index contributed by atoms with van der Waals surface area (Å²) in [5.74, 6) is -0.248.